The molecule has 3 aromatic rings. The summed E-state index contributed by atoms with van der Waals surface area (Å²) in [5.74, 6) is 2.02. The molecular formula is C19H17ClN4. The van der Waals surface area contributed by atoms with E-state index in [4.69, 9.17) is 11.6 Å². The van der Waals surface area contributed by atoms with Crippen LogP contribution in [0.4, 0.5) is 5.82 Å². The van der Waals surface area contributed by atoms with Crippen LogP contribution < -0.4 is 5.32 Å². The first kappa shape index (κ1) is 15.1. The van der Waals surface area contributed by atoms with E-state index in [2.05, 4.69) is 32.4 Å². The second kappa shape index (κ2) is 6.57. The molecule has 1 aliphatic carbocycles. The molecule has 120 valence electrons. The van der Waals surface area contributed by atoms with Gasteiger partial charge < -0.3 is 5.32 Å². The van der Waals surface area contributed by atoms with E-state index in [1.54, 1.807) is 12.3 Å². The Morgan fingerprint density at radius 2 is 1.79 bits per heavy atom. The summed E-state index contributed by atoms with van der Waals surface area (Å²) in [6.07, 6.45) is 4.08. The van der Waals surface area contributed by atoms with Crippen molar-refractivity contribution in [2.45, 2.75) is 24.8 Å². The zero-order valence-corrected chi connectivity index (χ0v) is 13.8. The van der Waals surface area contributed by atoms with E-state index < -0.39 is 0 Å². The maximum Gasteiger partial charge on any atom is 0.135 e. The first-order chi connectivity index (χ1) is 11.8. The topological polar surface area (TPSA) is 50.7 Å². The number of pyridine rings is 1. The molecule has 1 unspecified atom stereocenters. The summed E-state index contributed by atoms with van der Waals surface area (Å²) in [5.41, 5.74) is 2.06. The third-order valence-corrected chi connectivity index (χ3v) is 4.26. The Kier molecular flexibility index (Phi) is 4.13. The highest BCUT2D eigenvalue weighted by Gasteiger charge is 2.27. The van der Waals surface area contributed by atoms with Gasteiger partial charge in [-0.3, -0.25) is 4.98 Å². The highest BCUT2D eigenvalue weighted by atomic mass is 35.5. The molecule has 1 saturated carbocycles. The number of hydrogen-bond acceptors (Lipinski definition) is 4. The summed E-state index contributed by atoms with van der Waals surface area (Å²) >= 11 is 6.19. The molecule has 0 spiro atoms. The minimum atomic E-state index is -0.0922. The van der Waals surface area contributed by atoms with Crippen LogP contribution in [0.3, 0.4) is 0 Å². The summed E-state index contributed by atoms with van der Waals surface area (Å²) in [5, 5.41) is 3.95. The molecule has 24 heavy (non-hydrogen) atoms. The van der Waals surface area contributed by atoms with Crippen molar-refractivity contribution >= 4 is 17.4 Å². The Labute approximate surface area is 146 Å². The quantitative estimate of drug-likeness (QED) is 0.691. The maximum absolute atomic E-state index is 6.19. The van der Waals surface area contributed by atoms with Crippen molar-refractivity contribution in [3.8, 4) is 0 Å². The molecular weight excluding hydrogens is 320 g/mol. The van der Waals surface area contributed by atoms with Crippen molar-refractivity contribution in [1.29, 1.82) is 0 Å². The fourth-order valence-corrected chi connectivity index (χ4v) is 2.89. The van der Waals surface area contributed by atoms with Gasteiger partial charge in [-0.1, -0.05) is 48.0 Å². The van der Waals surface area contributed by atoms with Crippen molar-refractivity contribution in [3.05, 3.63) is 83.0 Å². The molecule has 0 amide bonds. The number of anilines is 1. The Hall–Kier alpha value is -2.46. The molecule has 0 saturated heterocycles. The van der Waals surface area contributed by atoms with Crippen molar-refractivity contribution in [2.24, 2.45) is 0 Å². The molecule has 4 nitrogen and oxygen atoms in total. The van der Waals surface area contributed by atoms with Crippen molar-refractivity contribution in [2.75, 3.05) is 5.32 Å². The van der Waals surface area contributed by atoms with Gasteiger partial charge in [-0.2, -0.15) is 0 Å². The third-order valence-electron chi connectivity index (χ3n) is 4.06. The largest absolute Gasteiger partial charge is 0.357 e. The molecule has 1 atom stereocenters. The van der Waals surface area contributed by atoms with Crippen LogP contribution in [0.2, 0.25) is 5.15 Å². The SMILES string of the molecule is Clc1cc(NC(c2ccccc2)c2ccccn2)nc(C2CC2)n1. The normalized spacial score (nSPS) is 15.0. The maximum atomic E-state index is 6.19. The fraction of sp³-hybridized carbons (Fsp3) is 0.211. The highest BCUT2D eigenvalue weighted by Crippen LogP contribution is 2.39. The number of halogens is 1. The smallest absolute Gasteiger partial charge is 0.135 e. The van der Waals surface area contributed by atoms with Gasteiger partial charge in [0, 0.05) is 18.2 Å². The lowest BCUT2D eigenvalue weighted by Gasteiger charge is -2.20. The zero-order valence-electron chi connectivity index (χ0n) is 13.1. The predicted molar refractivity (Wildman–Crippen MR) is 95.2 cm³/mol. The van der Waals surface area contributed by atoms with Crippen molar-refractivity contribution in [1.82, 2.24) is 15.0 Å². The third kappa shape index (κ3) is 3.39. The standard InChI is InChI=1S/C19H17ClN4/c20-16-12-17(24-19(22-16)14-9-10-14)23-18(13-6-2-1-3-7-13)15-8-4-5-11-21-15/h1-8,11-12,14,18H,9-10H2,(H,22,23,24). The van der Waals surface area contributed by atoms with Crippen LogP contribution in [-0.2, 0) is 0 Å². The second-order valence-electron chi connectivity index (χ2n) is 5.95. The van der Waals surface area contributed by atoms with Gasteiger partial charge in [0.1, 0.15) is 16.8 Å². The monoisotopic (exact) mass is 336 g/mol. The lowest BCUT2D eigenvalue weighted by atomic mass is 10.0. The first-order valence-corrected chi connectivity index (χ1v) is 8.44. The van der Waals surface area contributed by atoms with E-state index in [9.17, 15) is 0 Å². The molecule has 0 radical (unpaired) electrons. The Balaban J connectivity index is 1.70. The molecule has 1 aromatic carbocycles. The number of nitrogens with zero attached hydrogens (tertiary/aromatic N) is 3. The number of benzene rings is 1. The van der Waals surface area contributed by atoms with E-state index in [0.29, 0.717) is 11.1 Å². The number of nitrogens with one attached hydrogen (secondary N) is 1. The summed E-state index contributed by atoms with van der Waals surface area (Å²) in [7, 11) is 0. The fourth-order valence-electron chi connectivity index (χ4n) is 2.70. The molecule has 1 aliphatic rings. The van der Waals surface area contributed by atoms with E-state index in [0.717, 1.165) is 35.7 Å². The van der Waals surface area contributed by atoms with Crippen molar-refractivity contribution in [3.63, 3.8) is 0 Å². The van der Waals surface area contributed by atoms with Gasteiger partial charge in [-0.15, -0.1) is 0 Å². The molecule has 0 aliphatic heterocycles. The van der Waals surface area contributed by atoms with E-state index in [1.165, 1.54) is 0 Å². The van der Waals surface area contributed by atoms with E-state index >= 15 is 0 Å². The van der Waals surface area contributed by atoms with Gasteiger partial charge in [0.05, 0.1) is 11.7 Å². The van der Waals surface area contributed by atoms with E-state index in [-0.39, 0.29) is 6.04 Å². The predicted octanol–water partition coefficient (Wildman–Crippen LogP) is 4.60. The second-order valence-corrected chi connectivity index (χ2v) is 6.34. The van der Waals surface area contributed by atoms with Gasteiger partial charge in [0.2, 0.25) is 0 Å². The summed E-state index contributed by atoms with van der Waals surface area (Å²) in [4.78, 5) is 13.5. The minimum Gasteiger partial charge on any atom is -0.357 e. The molecule has 0 bridgehead atoms. The van der Waals surface area contributed by atoms with Crippen LogP contribution in [0.25, 0.3) is 0 Å². The Morgan fingerprint density at radius 1 is 1.00 bits per heavy atom. The van der Waals surface area contributed by atoms with Crippen LogP contribution in [0.15, 0.2) is 60.8 Å². The van der Waals surface area contributed by atoms with Gasteiger partial charge in [0.15, 0.2) is 0 Å². The Morgan fingerprint density at radius 3 is 2.50 bits per heavy atom. The average Bonchev–Trinajstić information content (AvgIpc) is 3.46. The highest BCUT2D eigenvalue weighted by molar-refractivity contribution is 6.29. The van der Waals surface area contributed by atoms with Crippen LogP contribution >= 0.6 is 11.6 Å². The molecule has 5 heteroatoms. The molecule has 1 N–H and O–H groups in total. The Bertz CT molecular complexity index is 780. The number of hydrogen-bond donors (Lipinski definition) is 1. The van der Waals surface area contributed by atoms with Crippen LogP contribution in [-0.4, -0.2) is 15.0 Å². The van der Waals surface area contributed by atoms with Crippen LogP contribution in [0, 0.1) is 0 Å². The summed E-state index contributed by atoms with van der Waals surface area (Å²) < 4.78 is 0. The zero-order chi connectivity index (χ0) is 16.4. The lowest BCUT2D eigenvalue weighted by molar-refractivity contribution is 0.859. The lowest BCUT2D eigenvalue weighted by Crippen LogP contribution is -2.15. The summed E-state index contributed by atoms with van der Waals surface area (Å²) in [6, 6.07) is 17.8. The molecule has 1 fully saturated rings. The van der Waals surface area contributed by atoms with Gasteiger partial charge in [-0.05, 0) is 30.5 Å². The molecule has 2 heterocycles. The van der Waals surface area contributed by atoms with Crippen LogP contribution in [0.1, 0.15) is 41.9 Å². The minimum absolute atomic E-state index is 0.0922. The molecule has 2 aromatic heterocycles. The van der Waals surface area contributed by atoms with Gasteiger partial charge in [0.25, 0.3) is 0 Å². The first-order valence-electron chi connectivity index (χ1n) is 8.06. The number of aromatic nitrogens is 3. The number of rotatable bonds is 5. The molecule has 4 rings (SSSR count). The summed E-state index contributed by atoms with van der Waals surface area (Å²) in [6.45, 7) is 0. The average molecular weight is 337 g/mol. The van der Waals surface area contributed by atoms with Crippen molar-refractivity contribution < 1.29 is 0 Å². The van der Waals surface area contributed by atoms with E-state index in [1.807, 2.05) is 36.4 Å². The van der Waals surface area contributed by atoms with Gasteiger partial charge >= 0.3 is 0 Å². The van der Waals surface area contributed by atoms with Gasteiger partial charge in [-0.25, -0.2) is 9.97 Å². The van der Waals surface area contributed by atoms with Crippen LogP contribution in [0.5, 0.6) is 0 Å².